The van der Waals surface area contributed by atoms with Gasteiger partial charge in [-0.25, -0.2) is 0 Å². The molecular weight excluding hydrogens is 312 g/mol. The minimum absolute atomic E-state index is 0.0863. The molecule has 1 aromatic carbocycles. The monoisotopic (exact) mass is 328 g/mol. The lowest BCUT2D eigenvalue weighted by molar-refractivity contribution is -0.146. The van der Waals surface area contributed by atoms with Crippen molar-refractivity contribution in [1.82, 2.24) is 10.2 Å². The quantitative estimate of drug-likeness (QED) is 0.616. The highest BCUT2D eigenvalue weighted by atomic mass is 16.5. The maximum absolute atomic E-state index is 11.7. The molecule has 7 nitrogen and oxygen atoms in total. The number of aromatic nitrogens is 2. The lowest BCUT2D eigenvalue weighted by Gasteiger charge is -2.06. The number of benzene rings is 1. The minimum Gasteiger partial charge on any atom is -0.493 e. The summed E-state index contributed by atoms with van der Waals surface area (Å²) < 4.78 is 21.1. The van der Waals surface area contributed by atoms with Crippen LogP contribution in [0.5, 0.6) is 5.75 Å². The molecule has 0 unspecified atom stereocenters. The van der Waals surface area contributed by atoms with Gasteiger partial charge in [0.15, 0.2) is 12.4 Å². The maximum atomic E-state index is 11.7. The zero-order valence-corrected chi connectivity index (χ0v) is 13.1. The van der Waals surface area contributed by atoms with E-state index >= 15 is 0 Å². The van der Waals surface area contributed by atoms with Crippen molar-refractivity contribution in [2.24, 2.45) is 0 Å². The number of carbonyl (C=O) groups excluding carboxylic acids is 1. The van der Waals surface area contributed by atoms with E-state index in [0.29, 0.717) is 5.76 Å². The predicted octanol–water partition coefficient (Wildman–Crippen LogP) is 3.15. The van der Waals surface area contributed by atoms with Gasteiger partial charge in [0.25, 0.3) is 11.8 Å². The van der Waals surface area contributed by atoms with Crippen LogP contribution in [0.15, 0.2) is 51.5 Å². The first-order chi connectivity index (χ1) is 11.7. The van der Waals surface area contributed by atoms with Gasteiger partial charge in [-0.2, -0.15) is 0 Å². The first-order valence-corrected chi connectivity index (χ1v) is 7.42. The highest BCUT2D eigenvalue weighted by molar-refractivity contribution is 5.69. The van der Waals surface area contributed by atoms with Crippen molar-refractivity contribution in [3.8, 4) is 17.4 Å². The fraction of sp³-hybridized carbons (Fsp3) is 0.235. The molecule has 0 fully saturated rings. The molecule has 7 heteroatoms. The third-order valence-electron chi connectivity index (χ3n) is 3.12. The SMILES string of the molecule is Cc1cccc(OCCC(=O)OCc2nnc(-c3ccco3)o2)c1. The molecule has 0 radical (unpaired) electrons. The number of ether oxygens (including phenoxy) is 2. The first kappa shape index (κ1) is 15.8. The topological polar surface area (TPSA) is 87.6 Å². The zero-order chi connectivity index (χ0) is 16.8. The van der Waals surface area contributed by atoms with Crippen molar-refractivity contribution in [2.45, 2.75) is 20.0 Å². The Labute approximate surface area is 138 Å². The Kier molecular flexibility index (Phi) is 4.90. The second-order valence-corrected chi connectivity index (χ2v) is 5.05. The number of furan rings is 1. The molecule has 0 amide bonds. The van der Waals surface area contributed by atoms with E-state index in [1.165, 1.54) is 6.26 Å². The van der Waals surface area contributed by atoms with Crippen LogP contribution < -0.4 is 4.74 Å². The molecule has 0 N–H and O–H groups in total. The molecule has 0 saturated heterocycles. The summed E-state index contributed by atoms with van der Waals surface area (Å²) in [6.45, 7) is 2.13. The summed E-state index contributed by atoms with van der Waals surface area (Å²) in [4.78, 5) is 11.7. The third-order valence-corrected chi connectivity index (χ3v) is 3.12. The lowest BCUT2D eigenvalue weighted by atomic mass is 10.2. The van der Waals surface area contributed by atoms with E-state index in [-0.39, 0.29) is 31.4 Å². The van der Waals surface area contributed by atoms with Gasteiger partial charge in [-0.3, -0.25) is 4.79 Å². The summed E-state index contributed by atoms with van der Waals surface area (Å²) in [5, 5.41) is 7.62. The van der Waals surface area contributed by atoms with E-state index in [1.54, 1.807) is 12.1 Å². The highest BCUT2D eigenvalue weighted by Gasteiger charge is 2.12. The first-order valence-electron chi connectivity index (χ1n) is 7.42. The van der Waals surface area contributed by atoms with E-state index in [4.69, 9.17) is 18.3 Å². The number of aryl methyl sites for hydroxylation is 1. The number of nitrogens with zero attached hydrogens (tertiary/aromatic N) is 2. The largest absolute Gasteiger partial charge is 0.493 e. The minimum atomic E-state index is -0.402. The standard InChI is InChI=1S/C17H16N2O5/c1-12-4-2-5-13(10-12)21-9-7-16(20)23-11-15-18-19-17(24-15)14-6-3-8-22-14/h2-6,8,10H,7,9,11H2,1H3. The molecule has 0 aliphatic carbocycles. The lowest BCUT2D eigenvalue weighted by Crippen LogP contribution is -2.10. The third kappa shape index (κ3) is 4.22. The summed E-state index contributed by atoms with van der Waals surface area (Å²) in [5.41, 5.74) is 1.10. The van der Waals surface area contributed by atoms with E-state index in [1.807, 2.05) is 31.2 Å². The Morgan fingerprint density at radius 1 is 1.21 bits per heavy atom. The van der Waals surface area contributed by atoms with Crippen LogP contribution in [0.1, 0.15) is 17.9 Å². The van der Waals surface area contributed by atoms with Crippen molar-refractivity contribution >= 4 is 5.97 Å². The second-order valence-electron chi connectivity index (χ2n) is 5.05. The smallest absolute Gasteiger partial charge is 0.309 e. The van der Waals surface area contributed by atoms with Crippen LogP contribution in [-0.4, -0.2) is 22.8 Å². The Hall–Kier alpha value is -3.09. The number of hydrogen-bond acceptors (Lipinski definition) is 7. The molecule has 0 saturated carbocycles. The number of rotatable bonds is 7. The normalized spacial score (nSPS) is 10.5. The van der Waals surface area contributed by atoms with Crippen molar-refractivity contribution in [2.75, 3.05) is 6.61 Å². The van der Waals surface area contributed by atoms with Crippen LogP contribution in [0.25, 0.3) is 11.7 Å². The van der Waals surface area contributed by atoms with Gasteiger partial charge < -0.3 is 18.3 Å². The van der Waals surface area contributed by atoms with Gasteiger partial charge in [0.2, 0.25) is 0 Å². The van der Waals surface area contributed by atoms with Gasteiger partial charge in [0.1, 0.15) is 5.75 Å². The molecule has 3 aromatic rings. The van der Waals surface area contributed by atoms with Crippen LogP contribution in [0.4, 0.5) is 0 Å². The molecule has 2 aromatic heterocycles. The Morgan fingerprint density at radius 3 is 2.92 bits per heavy atom. The van der Waals surface area contributed by atoms with Crippen molar-refractivity contribution in [3.05, 3.63) is 54.1 Å². The Bertz CT molecular complexity index is 795. The van der Waals surface area contributed by atoms with Gasteiger partial charge >= 0.3 is 5.97 Å². The molecule has 2 heterocycles. The molecule has 3 rings (SSSR count). The zero-order valence-electron chi connectivity index (χ0n) is 13.1. The van der Waals surface area contributed by atoms with Gasteiger partial charge in [-0.05, 0) is 36.8 Å². The number of hydrogen-bond donors (Lipinski definition) is 0. The average molecular weight is 328 g/mol. The van der Waals surface area contributed by atoms with E-state index in [0.717, 1.165) is 11.3 Å². The van der Waals surface area contributed by atoms with Gasteiger partial charge in [-0.1, -0.05) is 12.1 Å². The molecule has 0 aliphatic heterocycles. The van der Waals surface area contributed by atoms with Gasteiger partial charge in [-0.15, -0.1) is 10.2 Å². The fourth-order valence-corrected chi connectivity index (χ4v) is 1.98. The number of esters is 1. The van der Waals surface area contributed by atoms with Crippen molar-refractivity contribution < 1.29 is 23.1 Å². The van der Waals surface area contributed by atoms with Crippen LogP contribution in [0, 0.1) is 6.92 Å². The Morgan fingerprint density at radius 2 is 2.12 bits per heavy atom. The van der Waals surface area contributed by atoms with Crippen LogP contribution in [-0.2, 0) is 16.1 Å². The molecule has 0 spiro atoms. The molecular formula is C17H16N2O5. The van der Waals surface area contributed by atoms with E-state index in [2.05, 4.69) is 10.2 Å². The van der Waals surface area contributed by atoms with E-state index < -0.39 is 5.97 Å². The van der Waals surface area contributed by atoms with E-state index in [9.17, 15) is 4.79 Å². The number of carbonyl (C=O) groups is 1. The fourth-order valence-electron chi connectivity index (χ4n) is 1.98. The maximum Gasteiger partial charge on any atom is 0.309 e. The van der Waals surface area contributed by atoms with Crippen LogP contribution in [0.2, 0.25) is 0 Å². The van der Waals surface area contributed by atoms with Crippen LogP contribution in [0.3, 0.4) is 0 Å². The summed E-state index contributed by atoms with van der Waals surface area (Å²) in [7, 11) is 0. The van der Waals surface area contributed by atoms with Gasteiger partial charge in [0.05, 0.1) is 19.3 Å². The highest BCUT2D eigenvalue weighted by Crippen LogP contribution is 2.18. The molecule has 24 heavy (non-hydrogen) atoms. The van der Waals surface area contributed by atoms with Crippen molar-refractivity contribution in [3.63, 3.8) is 0 Å². The summed E-state index contributed by atoms with van der Waals surface area (Å²) in [6, 6.07) is 11.0. The van der Waals surface area contributed by atoms with Gasteiger partial charge in [0, 0.05) is 0 Å². The molecule has 124 valence electrons. The Balaban J connectivity index is 1.41. The second kappa shape index (κ2) is 7.45. The molecule has 0 bridgehead atoms. The average Bonchev–Trinajstić information content (AvgIpc) is 3.24. The predicted molar refractivity (Wildman–Crippen MR) is 83.1 cm³/mol. The van der Waals surface area contributed by atoms with Crippen LogP contribution >= 0.6 is 0 Å². The summed E-state index contributed by atoms with van der Waals surface area (Å²) >= 11 is 0. The summed E-state index contributed by atoms with van der Waals surface area (Å²) in [6.07, 6.45) is 1.64. The van der Waals surface area contributed by atoms with Crippen molar-refractivity contribution in [1.29, 1.82) is 0 Å². The summed E-state index contributed by atoms with van der Waals surface area (Å²) in [5.74, 6) is 1.23. The molecule has 0 aliphatic rings. The molecule has 0 atom stereocenters.